The molecule has 73 heavy (non-hydrogen) atoms. The first-order valence-electron chi connectivity index (χ1n) is 29.8. The predicted molar refractivity (Wildman–Crippen MR) is 303 cm³/mol. The SMILES string of the molecule is CC/C=C\CCCCOC(CCC(=O)OCCCCCCCN(CCCCCCCOC(=O)CCC(OCCCC/C=C\CC)OCCCC/C=C\CC)CCN1CCS(=O)(=O)CC1)OCCCC/C=C\CC. The highest BCUT2D eigenvalue weighted by molar-refractivity contribution is 7.91. The molecule has 0 N–H and O–H groups in total. The van der Waals surface area contributed by atoms with Gasteiger partial charge in [-0.1, -0.05) is 115 Å². The van der Waals surface area contributed by atoms with Crippen LogP contribution in [-0.2, 0) is 47.8 Å². The lowest BCUT2D eigenvalue weighted by Crippen LogP contribution is -2.44. The number of unbranched alkanes of at least 4 members (excludes halogenated alkanes) is 16. The van der Waals surface area contributed by atoms with Gasteiger partial charge in [-0.3, -0.25) is 9.59 Å². The summed E-state index contributed by atoms with van der Waals surface area (Å²) in [5, 5.41) is 0. The Kier molecular flexibility index (Phi) is 48.6. The van der Waals surface area contributed by atoms with E-state index in [0.29, 0.717) is 78.4 Å². The molecule has 0 bridgehead atoms. The highest BCUT2D eigenvalue weighted by Gasteiger charge is 2.22. The molecule has 1 rings (SSSR count). The molecule has 13 heteroatoms. The monoisotopic (exact) mass is 1050 g/mol. The van der Waals surface area contributed by atoms with Crippen molar-refractivity contribution in [2.45, 2.75) is 233 Å². The van der Waals surface area contributed by atoms with Gasteiger partial charge in [-0.15, -0.1) is 0 Å². The first kappa shape index (κ1) is 68.6. The maximum absolute atomic E-state index is 12.7. The predicted octanol–water partition coefficient (Wildman–Crippen LogP) is 13.8. The summed E-state index contributed by atoms with van der Waals surface area (Å²) in [5.74, 6) is 0.153. The number of nitrogens with zero attached hydrogens (tertiary/aromatic N) is 2. The van der Waals surface area contributed by atoms with Crippen LogP contribution in [0, 0.1) is 0 Å². The molecule has 1 heterocycles. The maximum Gasteiger partial charge on any atom is 0.305 e. The van der Waals surface area contributed by atoms with Crippen molar-refractivity contribution in [2.24, 2.45) is 0 Å². The number of carbonyl (C=O) groups is 2. The zero-order chi connectivity index (χ0) is 53.0. The van der Waals surface area contributed by atoms with Gasteiger partial charge in [0.15, 0.2) is 22.4 Å². The second-order valence-corrected chi connectivity index (χ2v) is 22.0. The number of hydrogen-bond acceptors (Lipinski definition) is 12. The fourth-order valence-corrected chi connectivity index (χ4v) is 9.68. The molecule has 12 nitrogen and oxygen atoms in total. The van der Waals surface area contributed by atoms with Crippen molar-refractivity contribution < 1.29 is 46.4 Å². The van der Waals surface area contributed by atoms with Crippen LogP contribution in [0.15, 0.2) is 48.6 Å². The molecule has 0 spiro atoms. The smallest absolute Gasteiger partial charge is 0.305 e. The van der Waals surface area contributed by atoms with Crippen molar-refractivity contribution in [3.63, 3.8) is 0 Å². The summed E-state index contributed by atoms with van der Waals surface area (Å²) in [5.41, 5.74) is 0. The quantitative estimate of drug-likeness (QED) is 0.0249. The van der Waals surface area contributed by atoms with Gasteiger partial charge < -0.3 is 38.2 Å². The van der Waals surface area contributed by atoms with Crippen LogP contribution in [-0.4, -0.2) is 133 Å². The summed E-state index contributed by atoms with van der Waals surface area (Å²) in [6.45, 7) is 17.2. The lowest BCUT2D eigenvalue weighted by atomic mass is 10.1. The Labute approximate surface area is 448 Å². The molecule has 0 aromatic carbocycles. The van der Waals surface area contributed by atoms with Crippen LogP contribution in [0.25, 0.3) is 0 Å². The van der Waals surface area contributed by atoms with Crippen molar-refractivity contribution in [3.8, 4) is 0 Å². The minimum Gasteiger partial charge on any atom is -0.466 e. The van der Waals surface area contributed by atoms with Crippen molar-refractivity contribution in [1.29, 1.82) is 0 Å². The van der Waals surface area contributed by atoms with Gasteiger partial charge in [0.1, 0.15) is 0 Å². The van der Waals surface area contributed by atoms with Gasteiger partial charge in [-0.25, -0.2) is 8.42 Å². The highest BCUT2D eigenvalue weighted by atomic mass is 32.2. The number of ether oxygens (including phenoxy) is 6. The summed E-state index contributed by atoms with van der Waals surface area (Å²) in [7, 11) is -2.90. The minimum atomic E-state index is -2.90. The molecule has 0 saturated carbocycles. The van der Waals surface area contributed by atoms with Gasteiger partial charge in [0.25, 0.3) is 0 Å². The molecule has 0 unspecified atom stereocenters. The van der Waals surface area contributed by atoms with E-state index in [1.165, 1.54) is 0 Å². The first-order valence-corrected chi connectivity index (χ1v) is 31.6. The second-order valence-electron chi connectivity index (χ2n) is 19.7. The van der Waals surface area contributed by atoms with E-state index in [1.807, 2.05) is 0 Å². The summed E-state index contributed by atoms with van der Waals surface area (Å²) < 4.78 is 59.6. The third-order valence-corrected chi connectivity index (χ3v) is 14.6. The van der Waals surface area contributed by atoms with Crippen molar-refractivity contribution in [1.82, 2.24) is 9.80 Å². The summed E-state index contributed by atoms with van der Waals surface area (Å²) in [4.78, 5) is 30.2. The molecule has 1 aliphatic rings. The molecule has 0 aliphatic carbocycles. The largest absolute Gasteiger partial charge is 0.466 e. The van der Waals surface area contributed by atoms with Crippen molar-refractivity contribution in [3.05, 3.63) is 48.6 Å². The van der Waals surface area contributed by atoms with Crippen molar-refractivity contribution >= 4 is 21.8 Å². The average Bonchev–Trinajstić information content (AvgIpc) is 3.38. The van der Waals surface area contributed by atoms with Crippen LogP contribution >= 0.6 is 0 Å². The topological polar surface area (TPSA) is 130 Å². The van der Waals surface area contributed by atoms with Crippen LogP contribution in [0.5, 0.6) is 0 Å². The van der Waals surface area contributed by atoms with Crippen molar-refractivity contribution in [2.75, 3.05) is 90.4 Å². The highest BCUT2D eigenvalue weighted by Crippen LogP contribution is 2.14. The number of sulfone groups is 1. The van der Waals surface area contributed by atoms with E-state index >= 15 is 0 Å². The van der Waals surface area contributed by atoms with Gasteiger partial charge in [-0.2, -0.15) is 0 Å². The Morgan fingerprint density at radius 3 is 1.12 bits per heavy atom. The first-order chi connectivity index (χ1) is 35.7. The van der Waals surface area contributed by atoms with Gasteiger partial charge in [-0.05, 0) is 142 Å². The molecule has 0 aromatic rings. The zero-order valence-electron chi connectivity index (χ0n) is 47.3. The Morgan fingerprint density at radius 2 is 0.767 bits per heavy atom. The molecule has 1 saturated heterocycles. The zero-order valence-corrected chi connectivity index (χ0v) is 48.1. The number of rotatable bonds is 53. The van der Waals surface area contributed by atoms with Crippen LogP contribution < -0.4 is 0 Å². The molecular weight excluding hydrogens is 941 g/mol. The van der Waals surface area contributed by atoms with E-state index in [4.69, 9.17) is 28.4 Å². The van der Waals surface area contributed by atoms with E-state index < -0.39 is 9.84 Å². The van der Waals surface area contributed by atoms with E-state index in [-0.39, 0.29) is 36.0 Å². The van der Waals surface area contributed by atoms with E-state index in [2.05, 4.69) is 86.1 Å². The molecular formula is C60H110N2O10S. The normalized spacial score (nSPS) is 14.5. The van der Waals surface area contributed by atoms with Crippen LogP contribution in [0.3, 0.4) is 0 Å². The number of hydrogen-bond donors (Lipinski definition) is 0. The van der Waals surface area contributed by atoms with Crippen LogP contribution in [0.4, 0.5) is 0 Å². The van der Waals surface area contributed by atoms with Gasteiger partial charge >= 0.3 is 11.9 Å². The van der Waals surface area contributed by atoms with Crippen LogP contribution in [0.1, 0.15) is 220 Å². The van der Waals surface area contributed by atoms with E-state index in [9.17, 15) is 18.0 Å². The number of allylic oxidation sites excluding steroid dienone is 8. The third-order valence-electron chi connectivity index (χ3n) is 13.0. The summed E-state index contributed by atoms with van der Waals surface area (Å²) in [6, 6.07) is 0. The molecule has 0 atom stereocenters. The van der Waals surface area contributed by atoms with Crippen LogP contribution in [0.2, 0.25) is 0 Å². The lowest BCUT2D eigenvalue weighted by molar-refractivity contribution is -0.159. The Bertz CT molecular complexity index is 1340. The lowest BCUT2D eigenvalue weighted by Gasteiger charge is -2.30. The Hall–Kier alpha value is -2.39. The number of esters is 2. The second kappa shape index (κ2) is 51.7. The third kappa shape index (κ3) is 46.6. The van der Waals surface area contributed by atoms with E-state index in [1.54, 1.807) is 0 Å². The average molecular weight is 1050 g/mol. The summed E-state index contributed by atoms with van der Waals surface area (Å²) in [6.07, 6.45) is 45.8. The maximum atomic E-state index is 12.7. The fraction of sp³-hybridized carbons (Fsp3) is 0.833. The number of carbonyl (C=O) groups excluding carboxylic acids is 2. The minimum absolute atomic E-state index is 0.182. The van der Waals surface area contributed by atoms with Gasteiger partial charge in [0, 0.05) is 65.4 Å². The van der Waals surface area contributed by atoms with E-state index in [0.717, 1.165) is 193 Å². The molecule has 1 fully saturated rings. The standard InChI is InChI=1S/C60H110N2O10S/c1-5-9-13-17-25-35-51-69-59(70-52-36-26-18-14-10-6-2)41-39-57(63)67-49-33-29-21-23-31-43-61(45-46-62-47-55-73(65,66)56-48-62)44-32-24-22-30-34-50-68-58(64)40-42-60(71-53-37-27-19-15-11-7-3)72-54-38-28-20-16-12-8-4/h9-16,59-60H,5-8,17-56H2,1-4H3/b13-9-,14-10-,15-11-,16-12-. The summed E-state index contributed by atoms with van der Waals surface area (Å²) >= 11 is 0. The molecule has 0 aromatic heterocycles. The van der Waals surface area contributed by atoms with Gasteiger partial charge in [0.05, 0.1) is 37.6 Å². The fourth-order valence-electron chi connectivity index (χ4n) is 8.40. The molecule has 0 radical (unpaired) electrons. The molecule has 426 valence electrons. The molecule has 1 aliphatic heterocycles. The Balaban J connectivity index is 2.39. The van der Waals surface area contributed by atoms with Gasteiger partial charge in [0.2, 0.25) is 0 Å². The molecule has 0 amide bonds. The Morgan fingerprint density at radius 1 is 0.438 bits per heavy atom.